The lowest BCUT2D eigenvalue weighted by atomic mass is 9.87. The number of nitrogens with one attached hydrogen (secondary N) is 3. The van der Waals surface area contributed by atoms with E-state index in [9.17, 15) is 19.2 Å². The van der Waals surface area contributed by atoms with E-state index in [0.29, 0.717) is 25.7 Å². The van der Waals surface area contributed by atoms with Gasteiger partial charge in [0.15, 0.2) is 0 Å². The van der Waals surface area contributed by atoms with Gasteiger partial charge in [0, 0.05) is 12.5 Å². The van der Waals surface area contributed by atoms with Crippen molar-refractivity contribution in [1.29, 1.82) is 0 Å². The van der Waals surface area contributed by atoms with Crippen molar-refractivity contribution in [2.24, 2.45) is 11.3 Å². The molecule has 1 saturated heterocycles. The highest BCUT2D eigenvalue weighted by molar-refractivity contribution is 5.88. The molecule has 8 heteroatoms. The zero-order chi connectivity index (χ0) is 22.1. The van der Waals surface area contributed by atoms with Gasteiger partial charge in [0.2, 0.25) is 11.8 Å². The predicted octanol–water partition coefficient (Wildman–Crippen LogP) is 1.93. The zero-order valence-electron chi connectivity index (χ0n) is 17.8. The molecule has 1 aromatic carbocycles. The van der Waals surface area contributed by atoms with Crippen LogP contribution in [0.4, 0.5) is 4.79 Å². The average Bonchev–Trinajstić information content (AvgIpc) is 3.09. The summed E-state index contributed by atoms with van der Waals surface area (Å²) in [6, 6.07) is 7.56. The summed E-state index contributed by atoms with van der Waals surface area (Å²) < 4.78 is 5.22. The number of rotatable bonds is 9. The zero-order valence-corrected chi connectivity index (χ0v) is 17.8. The number of hydrogen-bond acceptors (Lipinski definition) is 5. The highest BCUT2D eigenvalue weighted by atomic mass is 16.5. The lowest BCUT2D eigenvalue weighted by Crippen LogP contribution is -2.51. The van der Waals surface area contributed by atoms with E-state index in [4.69, 9.17) is 4.74 Å². The van der Waals surface area contributed by atoms with Gasteiger partial charge in [-0.2, -0.15) is 0 Å². The normalized spacial score (nSPS) is 18.1. The Kier molecular flexibility index (Phi) is 8.38. The first-order valence-electron chi connectivity index (χ1n) is 10.2. The molecule has 0 aliphatic carbocycles. The Morgan fingerprint density at radius 1 is 1.23 bits per heavy atom. The topological polar surface area (TPSA) is 114 Å². The molecule has 1 aromatic rings. The number of hydrogen-bond donors (Lipinski definition) is 3. The van der Waals surface area contributed by atoms with Crippen LogP contribution in [0.2, 0.25) is 0 Å². The van der Waals surface area contributed by atoms with Gasteiger partial charge < -0.3 is 25.5 Å². The average molecular weight is 418 g/mol. The van der Waals surface area contributed by atoms with Crippen molar-refractivity contribution in [3.8, 4) is 0 Å². The first kappa shape index (κ1) is 23.4. The van der Waals surface area contributed by atoms with E-state index in [-0.39, 0.29) is 30.3 Å². The van der Waals surface area contributed by atoms with Crippen LogP contribution in [0, 0.1) is 11.3 Å². The molecule has 0 unspecified atom stereocenters. The number of benzene rings is 1. The second-order valence-electron chi connectivity index (χ2n) is 8.79. The minimum atomic E-state index is -0.867. The summed E-state index contributed by atoms with van der Waals surface area (Å²) in [7, 11) is 0. The highest BCUT2D eigenvalue weighted by Crippen LogP contribution is 2.21. The first-order valence-corrected chi connectivity index (χ1v) is 10.2. The molecule has 0 bridgehead atoms. The molecular weight excluding hydrogens is 386 g/mol. The van der Waals surface area contributed by atoms with Gasteiger partial charge >= 0.3 is 6.09 Å². The van der Waals surface area contributed by atoms with Crippen molar-refractivity contribution in [2.45, 2.75) is 58.7 Å². The Bertz CT molecular complexity index is 745. The minimum absolute atomic E-state index is 0.0876. The van der Waals surface area contributed by atoms with Gasteiger partial charge in [-0.3, -0.25) is 9.59 Å². The molecule has 1 aliphatic heterocycles. The fourth-order valence-electron chi connectivity index (χ4n) is 3.34. The first-order chi connectivity index (χ1) is 14.2. The van der Waals surface area contributed by atoms with E-state index in [1.54, 1.807) is 0 Å². The molecule has 1 heterocycles. The van der Waals surface area contributed by atoms with Crippen molar-refractivity contribution < 1.29 is 23.9 Å². The maximum absolute atomic E-state index is 12.8. The third kappa shape index (κ3) is 7.85. The van der Waals surface area contributed by atoms with Crippen LogP contribution in [0.3, 0.4) is 0 Å². The van der Waals surface area contributed by atoms with Crippen molar-refractivity contribution in [3.63, 3.8) is 0 Å². The molecule has 0 aromatic heterocycles. The number of aldehydes is 1. The van der Waals surface area contributed by atoms with Gasteiger partial charge in [0.05, 0.1) is 6.04 Å². The van der Waals surface area contributed by atoms with Crippen molar-refractivity contribution in [3.05, 3.63) is 35.9 Å². The van der Waals surface area contributed by atoms with E-state index in [1.807, 2.05) is 51.1 Å². The Labute approximate surface area is 177 Å². The predicted molar refractivity (Wildman–Crippen MR) is 111 cm³/mol. The summed E-state index contributed by atoms with van der Waals surface area (Å²) in [4.78, 5) is 48.3. The van der Waals surface area contributed by atoms with Gasteiger partial charge in [-0.15, -0.1) is 0 Å². The molecule has 3 atom stereocenters. The van der Waals surface area contributed by atoms with Crippen LogP contribution >= 0.6 is 0 Å². The standard InChI is InChI=1S/C22H31N3O5/c1-22(2,3)12-18(25-21(29)30-14-15-7-5-4-6-8-15)20(28)24-17(13-26)11-16-9-10-23-19(16)27/h4-8,13,16-18H,9-12,14H2,1-3H3,(H,23,27)(H,24,28)(H,25,29)/t16-,17-,18-/m0/s1. The van der Waals surface area contributed by atoms with Gasteiger partial charge in [-0.25, -0.2) is 4.79 Å². The maximum Gasteiger partial charge on any atom is 0.408 e. The third-order valence-electron chi connectivity index (χ3n) is 4.83. The molecule has 164 valence electrons. The molecule has 1 fully saturated rings. The van der Waals surface area contributed by atoms with Gasteiger partial charge in [-0.05, 0) is 30.2 Å². The number of ether oxygens (including phenoxy) is 1. The maximum atomic E-state index is 12.8. The smallest absolute Gasteiger partial charge is 0.408 e. The number of carbonyl (C=O) groups excluding carboxylic acids is 4. The summed E-state index contributed by atoms with van der Waals surface area (Å²) in [6.45, 7) is 6.51. The minimum Gasteiger partial charge on any atom is -0.445 e. The molecule has 0 spiro atoms. The molecule has 3 N–H and O–H groups in total. The van der Waals surface area contributed by atoms with Crippen molar-refractivity contribution in [2.75, 3.05) is 6.54 Å². The fraction of sp³-hybridized carbons (Fsp3) is 0.545. The SMILES string of the molecule is CC(C)(C)C[C@H](NC(=O)OCc1ccccc1)C(=O)N[C@H](C=O)C[C@@H]1CCNC1=O. The lowest BCUT2D eigenvalue weighted by molar-refractivity contribution is -0.127. The Balaban J connectivity index is 1.95. The summed E-state index contributed by atoms with van der Waals surface area (Å²) in [5, 5.41) is 7.98. The summed E-state index contributed by atoms with van der Waals surface area (Å²) in [6.07, 6.45) is 1.15. The van der Waals surface area contributed by atoms with Crippen molar-refractivity contribution in [1.82, 2.24) is 16.0 Å². The van der Waals surface area contributed by atoms with Crippen LogP contribution < -0.4 is 16.0 Å². The Hall–Kier alpha value is -2.90. The monoisotopic (exact) mass is 417 g/mol. The number of amides is 3. The number of carbonyl (C=O) groups is 4. The van der Waals surface area contributed by atoms with E-state index in [1.165, 1.54) is 0 Å². The Morgan fingerprint density at radius 2 is 1.93 bits per heavy atom. The summed E-state index contributed by atoms with van der Waals surface area (Å²) in [5.41, 5.74) is 0.580. The van der Waals surface area contributed by atoms with Crippen LogP contribution in [0.5, 0.6) is 0 Å². The number of alkyl carbamates (subject to hydrolysis) is 1. The van der Waals surface area contributed by atoms with Crippen molar-refractivity contribution >= 4 is 24.2 Å². The Morgan fingerprint density at radius 3 is 2.50 bits per heavy atom. The third-order valence-corrected chi connectivity index (χ3v) is 4.83. The van der Waals surface area contributed by atoms with Crippen LogP contribution in [-0.4, -0.2) is 42.8 Å². The van der Waals surface area contributed by atoms with Crippen LogP contribution in [-0.2, 0) is 25.7 Å². The van der Waals surface area contributed by atoms with Crippen LogP contribution in [0.1, 0.15) is 45.6 Å². The largest absolute Gasteiger partial charge is 0.445 e. The fourth-order valence-corrected chi connectivity index (χ4v) is 3.34. The molecular formula is C22H31N3O5. The van der Waals surface area contributed by atoms with Gasteiger partial charge in [0.1, 0.15) is 18.9 Å². The van der Waals surface area contributed by atoms with Crippen LogP contribution in [0.15, 0.2) is 30.3 Å². The summed E-state index contributed by atoms with van der Waals surface area (Å²) >= 11 is 0. The molecule has 3 amide bonds. The van der Waals surface area contributed by atoms with E-state index >= 15 is 0 Å². The second-order valence-corrected chi connectivity index (χ2v) is 8.79. The quantitative estimate of drug-likeness (QED) is 0.531. The molecule has 1 aliphatic rings. The molecule has 2 rings (SSSR count). The molecule has 8 nitrogen and oxygen atoms in total. The lowest BCUT2D eigenvalue weighted by Gasteiger charge is -2.27. The molecule has 0 saturated carbocycles. The van der Waals surface area contributed by atoms with Gasteiger partial charge in [0.25, 0.3) is 0 Å². The van der Waals surface area contributed by atoms with Gasteiger partial charge in [-0.1, -0.05) is 51.1 Å². The van der Waals surface area contributed by atoms with E-state index in [2.05, 4.69) is 16.0 Å². The highest BCUT2D eigenvalue weighted by Gasteiger charge is 2.31. The molecule has 0 radical (unpaired) electrons. The van der Waals surface area contributed by atoms with E-state index in [0.717, 1.165) is 5.56 Å². The molecule has 30 heavy (non-hydrogen) atoms. The van der Waals surface area contributed by atoms with E-state index < -0.39 is 24.1 Å². The summed E-state index contributed by atoms with van der Waals surface area (Å²) in [5.74, 6) is -0.882. The second kappa shape index (κ2) is 10.8. The van der Waals surface area contributed by atoms with Crippen LogP contribution in [0.25, 0.3) is 0 Å².